The first-order chi connectivity index (χ1) is 10.6. The summed E-state index contributed by atoms with van der Waals surface area (Å²) in [5, 5.41) is 12.5. The van der Waals surface area contributed by atoms with Gasteiger partial charge in [0.05, 0.1) is 17.9 Å². The predicted molar refractivity (Wildman–Crippen MR) is 83.0 cm³/mol. The minimum absolute atomic E-state index is 0.00931. The minimum atomic E-state index is -0.857. The molecule has 2 aliphatic carbocycles. The molecule has 2 bridgehead atoms. The summed E-state index contributed by atoms with van der Waals surface area (Å²) in [6, 6.07) is 9.76. The SMILES string of the molecule is CC[C@@H](NC(=O)[C@@H]1[C@@H](C(=O)O)[C@H]2C=C[C@H]1C2)c1ccccc1. The van der Waals surface area contributed by atoms with E-state index in [9.17, 15) is 14.7 Å². The second kappa shape index (κ2) is 5.95. The van der Waals surface area contributed by atoms with Gasteiger partial charge in [0.25, 0.3) is 0 Å². The number of fused-ring (bicyclic) bond motifs is 2. The highest BCUT2D eigenvalue weighted by Gasteiger charge is 2.51. The molecule has 1 fully saturated rings. The van der Waals surface area contributed by atoms with Crippen molar-refractivity contribution in [1.29, 1.82) is 0 Å². The summed E-state index contributed by atoms with van der Waals surface area (Å²) < 4.78 is 0. The number of rotatable bonds is 5. The first-order valence-corrected chi connectivity index (χ1v) is 7.88. The van der Waals surface area contributed by atoms with Crippen molar-refractivity contribution in [3.05, 3.63) is 48.0 Å². The van der Waals surface area contributed by atoms with Gasteiger partial charge >= 0.3 is 5.97 Å². The number of amides is 1. The van der Waals surface area contributed by atoms with Gasteiger partial charge in [-0.15, -0.1) is 0 Å². The molecule has 116 valence electrons. The van der Waals surface area contributed by atoms with Crippen LogP contribution in [-0.4, -0.2) is 17.0 Å². The van der Waals surface area contributed by atoms with Gasteiger partial charge < -0.3 is 10.4 Å². The van der Waals surface area contributed by atoms with Crippen molar-refractivity contribution in [2.24, 2.45) is 23.7 Å². The third kappa shape index (κ3) is 2.54. The van der Waals surface area contributed by atoms with Crippen LogP contribution >= 0.6 is 0 Å². The highest BCUT2D eigenvalue weighted by Crippen LogP contribution is 2.48. The van der Waals surface area contributed by atoms with Gasteiger partial charge in [0.2, 0.25) is 5.91 Å². The van der Waals surface area contributed by atoms with E-state index in [1.54, 1.807) is 0 Å². The van der Waals surface area contributed by atoms with Crippen LogP contribution < -0.4 is 5.32 Å². The number of hydrogen-bond donors (Lipinski definition) is 2. The average molecular weight is 299 g/mol. The highest BCUT2D eigenvalue weighted by atomic mass is 16.4. The zero-order chi connectivity index (χ0) is 15.7. The Labute approximate surface area is 130 Å². The summed E-state index contributed by atoms with van der Waals surface area (Å²) in [5.41, 5.74) is 1.06. The lowest BCUT2D eigenvalue weighted by Crippen LogP contribution is -2.41. The maximum atomic E-state index is 12.7. The van der Waals surface area contributed by atoms with Crippen LogP contribution in [0.4, 0.5) is 0 Å². The summed E-state index contributed by atoms with van der Waals surface area (Å²) >= 11 is 0. The monoisotopic (exact) mass is 299 g/mol. The fourth-order valence-electron chi connectivity index (χ4n) is 3.89. The summed E-state index contributed by atoms with van der Waals surface area (Å²) in [5.74, 6) is -1.92. The number of carbonyl (C=O) groups is 2. The molecular formula is C18H21NO3. The Bertz CT molecular complexity index is 596. The topological polar surface area (TPSA) is 66.4 Å². The normalized spacial score (nSPS) is 30.2. The molecule has 0 radical (unpaired) electrons. The van der Waals surface area contributed by atoms with Crippen LogP contribution in [0.1, 0.15) is 31.4 Å². The predicted octanol–water partition coefficient (Wildman–Crippen LogP) is 2.78. The second-order valence-corrected chi connectivity index (χ2v) is 6.22. The fraction of sp³-hybridized carbons (Fsp3) is 0.444. The van der Waals surface area contributed by atoms with E-state index in [4.69, 9.17) is 0 Å². The molecule has 5 atom stereocenters. The van der Waals surface area contributed by atoms with Crippen LogP contribution in [0.5, 0.6) is 0 Å². The van der Waals surface area contributed by atoms with Gasteiger partial charge in [0, 0.05) is 0 Å². The lowest BCUT2D eigenvalue weighted by molar-refractivity contribution is -0.148. The van der Waals surface area contributed by atoms with Gasteiger partial charge in [0.1, 0.15) is 0 Å². The Morgan fingerprint density at radius 1 is 1.18 bits per heavy atom. The first-order valence-electron chi connectivity index (χ1n) is 7.88. The molecule has 1 amide bonds. The van der Waals surface area contributed by atoms with Crippen LogP contribution in [0.2, 0.25) is 0 Å². The maximum Gasteiger partial charge on any atom is 0.307 e. The lowest BCUT2D eigenvalue weighted by Gasteiger charge is -2.26. The number of carboxylic acids is 1. The number of nitrogens with one attached hydrogen (secondary N) is 1. The van der Waals surface area contributed by atoms with Gasteiger partial charge in [0.15, 0.2) is 0 Å². The van der Waals surface area contributed by atoms with Gasteiger partial charge in [-0.05, 0) is 30.2 Å². The number of carbonyl (C=O) groups excluding carboxylic acids is 1. The van der Waals surface area contributed by atoms with Crippen LogP contribution in [-0.2, 0) is 9.59 Å². The molecular weight excluding hydrogens is 278 g/mol. The average Bonchev–Trinajstić information content (AvgIpc) is 3.14. The number of aliphatic carboxylic acids is 1. The molecule has 0 aromatic heterocycles. The minimum Gasteiger partial charge on any atom is -0.481 e. The highest BCUT2D eigenvalue weighted by molar-refractivity contribution is 5.87. The summed E-state index contributed by atoms with van der Waals surface area (Å²) in [6.45, 7) is 2.02. The number of allylic oxidation sites excluding steroid dienone is 2. The van der Waals surface area contributed by atoms with E-state index in [0.717, 1.165) is 18.4 Å². The molecule has 0 saturated heterocycles. The van der Waals surface area contributed by atoms with Crippen molar-refractivity contribution in [3.63, 3.8) is 0 Å². The van der Waals surface area contributed by atoms with Crippen molar-refractivity contribution in [2.75, 3.05) is 0 Å². The molecule has 0 aliphatic heterocycles. The molecule has 4 heteroatoms. The molecule has 1 aromatic rings. The molecule has 22 heavy (non-hydrogen) atoms. The summed E-state index contributed by atoms with van der Waals surface area (Å²) in [6.07, 6.45) is 5.54. The molecule has 0 spiro atoms. The van der Waals surface area contributed by atoms with E-state index in [1.165, 1.54) is 0 Å². The van der Waals surface area contributed by atoms with Crippen molar-refractivity contribution in [3.8, 4) is 0 Å². The standard InChI is InChI=1S/C18H21NO3/c1-2-14(11-6-4-3-5-7-11)19-17(20)15-12-8-9-13(10-12)16(15)18(21)22/h3-9,12-16H,2,10H2,1H3,(H,19,20)(H,21,22)/t12-,13-,14+,15-,16-/m0/s1. The van der Waals surface area contributed by atoms with Crippen molar-refractivity contribution in [2.45, 2.75) is 25.8 Å². The Hall–Kier alpha value is -2.10. The van der Waals surface area contributed by atoms with E-state index < -0.39 is 17.8 Å². The van der Waals surface area contributed by atoms with Gasteiger partial charge in [-0.25, -0.2) is 0 Å². The first kappa shape index (κ1) is 14.8. The lowest BCUT2D eigenvalue weighted by atomic mass is 9.82. The molecule has 3 rings (SSSR count). The Morgan fingerprint density at radius 3 is 2.41 bits per heavy atom. The number of carboxylic acid groups (broad SMARTS) is 1. The number of hydrogen-bond acceptors (Lipinski definition) is 2. The maximum absolute atomic E-state index is 12.7. The van der Waals surface area contributed by atoms with Crippen LogP contribution in [0.25, 0.3) is 0 Å². The molecule has 4 nitrogen and oxygen atoms in total. The third-order valence-corrected chi connectivity index (χ3v) is 4.97. The van der Waals surface area contributed by atoms with Crippen molar-refractivity contribution in [1.82, 2.24) is 5.32 Å². The molecule has 1 aromatic carbocycles. The molecule has 0 heterocycles. The van der Waals surface area contributed by atoms with Crippen LogP contribution in [0.15, 0.2) is 42.5 Å². The largest absolute Gasteiger partial charge is 0.481 e. The van der Waals surface area contributed by atoms with Gasteiger partial charge in [-0.3, -0.25) is 9.59 Å². The smallest absolute Gasteiger partial charge is 0.307 e. The zero-order valence-corrected chi connectivity index (χ0v) is 12.6. The third-order valence-electron chi connectivity index (χ3n) is 4.97. The number of benzene rings is 1. The second-order valence-electron chi connectivity index (χ2n) is 6.22. The summed E-state index contributed by atoms with van der Waals surface area (Å²) in [4.78, 5) is 24.2. The van der Waals surface area contributed by atoms with Crippen molar-refractivity contribution >= 4 is 11.9 Å². The van der Waals surface area contributed by atoms with E-state index >= 15 is 0 Å². The zero-order valence-electron chi connectivity index (χ0n) is 12.6. The van der Waals surface area contributed by atoms with Crippen LogP contribution in [0, 0.1) is 23.7 Å². The van der Waals surface area contributed by atoms with Crippen molar-refractivity contribution < 1.29 is 14.7 Å². The van der Waals surface area contributed by atoms with Gasteiger partial charge in [-0.2, -0.15) is 0 Å². The van der Waals surface area contributed by atoms with Gasteiger partial charge in [-0.1, -0.05) is 49.4 Å². The van der Waals surface area contributed by atoms with E-state index in [2.05, 4.69) is 5.32 Å². The molecule has 1 saturated carbocycles. The Morgan fingerprint density at radius 2 is 1.82 bits per heavy atom. The molecule has 2 aliphatic rings. The fourth-order valence-corrected chi connectivity index (χ4v) is 3.89. The van der Waals surface area contributed by atoms with E-state index in [1.807, 2.05) is 49.4 Å². The Kier molecular flexibility index (Phi) is 4.01. The molecule has 0 unspecified atom stereocenters. The van der Waals surface area contributed by atoms with Crippen LogP contribution in [0.3, 0.4) is 0 Å². The quantitative estimate of drug-likeness (QED) is 0.822. The van der Waals surface area contributed by atoms with E-state index in [-0.39, 0.29) is 23.8 Å². The van der Waals surface area contributed by atoms with E-state index in [0.29, 0.717) is 0 Å². The summed E-state index contributed by atoms with van der Waals surface area (Å²) in [7, 11) is 0. The Balaban J connectivity index is 1.76. The molecule has 2 N–H and O–H groups in total.